The van der Waals surface area contributed by atoms with Crippen LogP contribution in [-0.2, 0) is 33.4 Å². The number of nitrogens with zero attached hydrogens (tertiary/aromatic N) is 3. The van der Waals surface area contributed by atoms with Gasteiger partial charge in [0, 0.05) is 19.7 Å². The summed E-state index contributed by atoms with van der Waals surface area (Å²) in [5.74, 6) is 0.514. The van der Waals surface area contributed by atoms with Crippen LogP contribution in [-0.4, -0.2) is 55.1 Å². The van der Waals surface area contributed by atoms with Crippen LogP contribution in [0.3, 0.4) is 0 Å². The van der Waals surface area contributed by atoms with Gasteiger partial charge in [-0.3, -0.25) is 4.79 Å². The van der Waals surface area contributed by atoms with E-state index in [1.54, 1.807) is 47.0 Å². The Morgan fingerprint density at radius 3 is 2.81 bits per heavy atom. The van der Waals surface area contributed by atoms with Crippen molar-refractivity contribution < 1.29 is 22.7 Å². The zero-order valence-electron chi connectivity index (χ0n) is 20.9. The van der Waals surface area contributed by atoms with Crippen molar-refractivity contribution in [2.45, 2.75) is 56.8 Å². The molecule has 36 heavy (non-hydrogen) atoms. The second-order valence-electron chi connectivity index (χ2n) is 9.45. The number of amides is 1. The first-order valence-electron chi connectivity index (χ1n) is 12.1. The van der Waals surface area contributed by atoms with Crippen molar-refractivity contribution in [1.29, 1.82) is 0 Å². The minimum absolute atomic E-state index is 0.0216. The van der Waals surface area contributed by atoms with Crippen LogP contribution in [0.15, 0.2) is 53.1 Å². The van der Waals surface area contributed by atoms with Crippen LogP contribution in [0, 0.1) is 5.92 Å². The van der Waals surface area contributed by atoms with Gasteiger partial charge in [0.2, 0.25) is 15.0 Å². The van der Waals surface area contributed by atoms with E-state index >= 15 is 0 Å². The summed E-state index contributed by atoms with van der Waals surface area (Å²) in [6, 6.07) is 10.7. The monoisotopic (exact) mass is 531 g/mol. The molecule has 1 aliphatic rings. The summed E-state index contributed by atoms with van der Waals surface area (Å²) in [5, 5.41) is 1.90. The topological polar surface area (TPSA) is 90.7 Å². The van der Waals surface area contributed by atoms with Crippen LogP contribution in [0.4, 0.5) is 0 Å². The predicted molar refractivity (Wildman–Crippen MR) is 139 cm³/mol. The number of sulfone groups is 1. The maximum Gasteiger partial charge on any atom is 0.264 e. The first-order chi connectivity index (χ1) is 17.3. The summed E-state index contributed by atoms with van der Waals surface area (Å²) in [5.41, 5.74) is 1.32. The Kier molecular flexibility index (Phi) is 8.48. The van der Waals surface area contributed by atoms with Crippen LogP contribution in [0.25, 0.3) is 0 Å². The number of rotatable bonds is 11. The lowest BCUT2D eigenvalue weighted by Crippen LogP contribution is -2.37. The lowest BCUT2D eigenvalue weighted by atomic mass is 10.2. The Morgan fingerprint density at radius 2 is 2.14 bits per heavy atom. The van der Waals surface area contributed by atoms with Gasteiger partial charge in [0.15, 0.2) is 0 Å². The maximum atomic E-state index is 13.5. The van der Waals surface area contributed by atoms with Gasteiger partial charge in [-0.05, 0) is 47.9 Å². The smallest absolute Gasteiger partial charge is 0.264 e. The molecule has 3 heterocycles. The van der Waals surface area contributed by atoms with Gasteiger partial charge < -0.3 is 18.9 Å². The molecule has 0 saturated carbocycles. The van der Waals surface area contributed by atoms with Crippen LogP contribution >= 0.6 is 11.3 Å². The molecule has 0 aliphatic carbocycles. The zero-order valence-corrected chi connectivity index (χ0v) is 22.6. The third kappa shape index (κ3) is 6.35. The quantitative estimate of drug-likeness (QED) is 0.364. The van der Waals surface area contributed by atoms with Gasteiger partial charge >= 0.3 is 0 Å². The van der Waals surface area contributed by atoms with Crippen molar-refractivity contribution in [2.24, 2.45) is 5.92 Å². The van der Waals surface area contributed by atoms with Crippen LogP contribution in [0.5, 0.6) is 5.75 Å². The highest BCUT2D eigenvalue weighted by Gasteiger charge is 2.28. The standard InChI is InChI=1S/C26H33N3O5S2/c1-19(2)15-29-21(14-27-26(29)36(31,32)18-20-7-4-8-22(13-20)33-3)16-28(17-23-9-5-11-34-23)25(30)24-10-6-12-35-24/h4,6-8,10,12-14,19,23H,5,9,11,15-18H2,1-3H3/t23-/m1/s1. The van der Waals surface area contributed by atoms with E-state index in [4.69, 9.17) is 9.47 Å². The van der Waals surface area contributed by atoms with E-state index < -0.39 is 9.84 Å². The number of methoxy groups -OCH3 is 1. The SMILES string of the molecule is COc1cccc(CS(=O)(=O)c2ncc(CN(C[C@H]3CCCO3)C(=O)c3cccs3)n2CC(C)C)c1. The molecular weight excluding hydrogens is 498 g/mol. The molecule has 0 unspecified atom stereocenters. The molecule has 1 atom stereocenters. The molecule has 3 aromatic rings. The minimum atomic E-state index is -3.75. The molecular formula is C26H33N3O5S2. The average molecular weight is 532 g/mol. The van der Waals surface area contributed by atoms with E-state index in [1.165, 1.54) is 11.3 Å². The fraction of sp³-hybridized carbons (Fsp3) is 0.462. The lowest BCUT2D eigenvalue weighted by Gasteiger charge is -2.26. The summed E-state index contributed by atoms with van der Waals surface area (Å²) in [6.07, 6.45) is 3.44. The number of benzene rings is 1. The van der Waals surface area contributed by atoms with E-state index in [0.29, 0.717) is 41.6 Å². The minimum Gasteiger partial charge on any atom is -0.497 e. The predicted octanol–water partition coefficient (Wildman–Crippen LogP) is 4.40. The highest BCUT2D eigenvalue weighted by molar-refractivity contribution is 7.90. The number of hydrogen-bond donors (Lipinski definition) is 0. The van der Waals surface area contributed by atoms with E-state index in [2.05, 4.69) is 4.98 Å². The van der Waals surface area contributed by atoms with Gasteiger partial charge in [0.1, 0.15) is 5.75 Å². The molecule has 4 rings (SSSR count). The van der Waals surface area contributed by atoms with Crippen molar-refractivity contribution in [3.63, 3.8) is 0 Å². The Balaban J connectivity index is 1.64. The van der Waals surface area contributed by atoms with Crippen molar-refractivity contribution in [2.75, 3.05) is 20.3 Å². The summed E-state index contributed by atoms with van der Waals surface area (Å²) in [7, 11) is -2.19. The zero-order chi connectivity index (χ0) is 25.7. The molecule has 8 nitrogen and oxygen atoms in total. The Morgan fingerprint density at radius 1 is 1.31 bits per heavy atom. The van der Waals surface area contributed by atoms with Crippen LogP contribution in [0.2, 0.25) is 0 Å². The molecule has 0 bridgehead atoms. The van der Waals surface area contributed by atoms with E-state index in [-0.39, 0.29) is 35.4 Å². The number of carbonyl (C=O) groups excluding carboxylic acids is 1. The van der Waals surface area contributed by atoms with Crippen LogP contribution in [0.1, 0.15) is 47.6 Å². The number of thiophene rings is 1. The fourth-order valence-electron chi connectivity index (χ4n) is 4.38. The molecule has 194 valence electrons. The third-order valence-electron chi connectivity index (χ3n) is 6.04. The first kappa shape index (κ1) is 26.4. The molecule has 0 N–H and O–H groups in total. The molecule has 0 spiro atoms. The summed E-state index contributed by atoms with van der Waals surface area (Å²) in [4.78, 5) is 20.1. The number of hydrogen-bond acceptors (Lipinski definition) is 7. The molecule has 10 heteroatoms. The first-order valence-corrected chi connectivity index (χ1v) is 14.6. The molecule has 0 radical (unpaired) electrons. The third-order valence-corrected chi connectivity index (χ3v) is 8.49. The van der Waals surface area contributed by atoms with Gasteiger partial charge in [0.05, 0.1) is 42.3 Å². The Hall–Kier alpha value is -2.69. The number of aromatic nitrogens is 2. The second kappa shape index (κ2) is 11.6. The fourth-order valence-corrected chi connectivity index (χ4v) is 6.56. The Bertz CT molecular complexity index is 1260. The molecule has 1 aromatic carbocycles. The number of carbonyl (C=O) groups is 1. The summed E-state index contributed by atoms with van der Waals surface area (Å²) >= 11 is 1.40. The molecule has 1 aliphatic heterocycles. The van der Waals surface area contributed by atoms with Gasteiger partial charge in [-0.1, -0.05) is 32.0 Å². The lowest BCUT2D eigenvalue weighted by molar-refractivity contribution is 0.0504. The van der Waals surface area contributed by atoms with E-state index in [9.17, 15) is 13.2 Å². The Labute approximate surface area is 216 Å². The highest BCUT2D eigenvalue weighted by Crippen LogP contribution is 2.24. The van der Waals surface area contributed by atoms with Crippen molar-refractivity contribution >= 4 is 27.1 Å². The van der Waals surface area contributed by atoms with E-state index in [0.717, 1.165) is 12.8 Å². The highest BCUT2D eigenvalue weighted by atomic mass is 32.2. The van der Waals surface area contributed by atoms with Crippen molar-refractivity contribution in [1.82, 2.24) is 14.5 Å². The summed E-state index contributed by atoms with van der Waals surface area (Å²) in [6.45, 7) is 5.94. The molecule has 2 aromatic heterocycles. The van der Waals surface area contributed by atoms with Gasteiger partial charge in [0.25, 0.3) is 5.91 Å². The van der Waals surface area contributed by atoms with Gasteiger partial charge in [-0.25, -0.2) is 13.4 Å². The van der Waals surface area contributed by atoms with Crippen molar-refractivity contribution in [3.05, 3.63) is 64.1 Å². The van der Waals surface area contributed by atoms with Crippen molar-refractivity contribution in [3.8, 4) is 5.75 Å². The van der Waals surface area contributed by atoms with Gasteiger partial charge in [-0.2, -0.15) is 0 Å². The molecule has 1 saturated heterocycles. The number of ether oxygens (including phenoxy) is 2. The average Bonchev–Trinajstić information content (AvgIpc) is 3.61. The molecule has 1 amide bonds. The maximum absolute atomic E-state index is 13.5. The second-order valence-corrected chi connectivity index (χ2v) is 12.3. The normalized spacial score (nSPS) is 15.9. The molecule has 1 fully saturated rings. The number of imidazole rings is 1. The largest absolute Gasteiger partial charge is 0.497 e. The van der Waals surface area contributed by atoms with Crippen LogP contribution < -0.4 is 4.74 Å². The van der Waals surface area contributed by atoms with Gasteiger partial charge in [-0.15, -0.1) is 11.3 Å². The summed E-state index contributed by atoms with van der Waals surface area (Å²) < 4.78 is 39.8. The van der Waals surface area contributed by atoms with E-state index in [1.807, 2.05) is 31.4 Å².